The van der Waals surface area contributed by atoms with Crippen LogP contribution in [0, 0.1) is 0 Å². The summed E-state index contributed by atoms with van der Waals surface area (Å²) in [7, 11) is 0. The molecule has 5 rings (SSSR count). The van der Waals surface area contributed by atoms with Crippen LogP contribution in [0.4, 0.5) is 0 Å². The predicted octanol–water partition coefficient (Wildman–Crippen LogP) is 2.16. The van der Waals surface area contributed by atoms with Gasteiger partial charge in [0.2, 0.25) is 0 Å². The molecule has 0 saturated carbocycles. The van der Waals surface area contributed by atoms with E-state index in [4.69, 9.17) is 4.74 Å². The second-order valence-corrected chi connectivity index (χ2v) is 7.21. The minimum Gasteiger partial charge on any atom is -0.377 e. The molecule has 8 heteroatoms. The van der Waals surface area contributed by atoms with E-state index in [1.54, 1.807) is 24.5 Å². The van der Waals surface area contributed by atoms with Crippen LogP contribution in [0.15, 0.2) is 71.9 Å². The Balaban J connectivity index is 1.41. The molecule has 4 heterocycles. The maximum Gasteiger partial charge on any atom is 0.267 e. The van der Waals surface area contributed by atoms with Gasteiger partial charge in [-0.2, -0.15) is 5.10 Å². The van der Waals surface area contributed by atoms with Gasteiger partial charge < -0.3 is 15.0 Å². The Labute approximate surface area is 171 Å². The molecule has 150 valence electrons. The van der Waals surface area contributed by atoms with E-state index >= 15 is 0 Å². The Bertz CT molecular complexity index is 1260. The van der Waals surface area contributed by atoms with Gasteiger partial charge in [-0.15, -0.1) is 0 Å². The number of carbonyl (C=O) groups excluding carboxylic acids is 1. The fourth-order valence-corrected chi connectivity index (χ4v) is 3.70. The zero-order valence-electron chi connectivity index (χ0n) is 16.0. The second kappa shape index (κ2) is 7.57. The van der Waals surface area contributed by atoms with E-state index in [-0.39, 0.29) is 17.5 Å². The summed E-state index contributed by atoms with van der Waals surface area (Å²) in [6.45, 7) is 0.610. The lowest BCUT2D eigenvalue weighted by Crippen LogP contribution is -2.44. The molecule has 0 radical (unpaired) electrons. The molecule has 8 nitrogen and oxygen atoms in total. The maximum atomic E-state index is 12.8. The van der Waals surface area contributed by atoms with Crippen molar-refractivity contribution in [2.24, 2.45) is 0 Å². The van der Waals surface area contributed by atoms with Gasteiger partial charge in [0.1, 0.15) is 6.04 Å². The zero-order valence-corrected chi connectivity index (χ0v) is 16.0. The number of amides is 1. The van der Waals surface area contributed by atoms with Crippen LogP contribution >= 0.6 is 0 Å². The highest BCUT2D eigenvalue weighted by molar-refractivity contribution is 5.98. The molecule has 0 spiro atoms. The smallest absolute Gasteiger partial charge is 0.267 e. The van der Waals surface area contributed by atoms with Crippen LogP contribution in [0.5, 0.6) is 0 Å². The lowest BCUT2D eigenvalue weighted by atomic mass is 10.1. The number of hydrogen-bond acceptors (Lipinski definition) is 5. The average molecular weight is 401 g/mol. The molecule has 1 aliphatic heterocycles. The van der Waals surface area contributed by atoms with Crippen molar-refractivity contribution in [3.63, 3.8) is 0 Å². The van der Waals surface area contributed by atoms with Crippen LogP contribution in [0.2, 0.25) is 0 Å². The quantitative estimate of drug-likeness (QED) is 0.546. The highest BCUT2D eigenvalue weighted by Crippen LogP contribution is 2.21. The summed E-state index contributed by atoms with van der Waals surface area (Å²) in [5.74, 6) is -0.213. The summed E-state index contributed by atoms with van der Waals surface area (Å²) in [4.78, 5) is 32.6. The lowest BCUT2D eigenvalue weighted by molar-refractivity contribution is 0.0925. The first-order chi connectivity index (χ1) is 14.7. The lowest BCUT2D eigenvalue weighted by Gasteiger charge is -2.20. The van der Waals surface area contributed by atoms with Crippen molar-refractivity contribution in [1.82, 2.24) is 25.1 Å². The zero-order chi connectivity index (χ0) is 20.5. The summed E-state index contributed by atoms with van der Waals surface area (Å²) in [5, 5.41) is 8.48. The van der Waals surface area contributed by atoms with Crippen molar-refractivity contribution < 1.29 is 9.53 Å². The molecule has 2 atom stereocenters. The summed E-state index contributed by atoms with van der Waals surface area (Å²) >= 11 is 0. The highest BCUT2D eigenvalue weighted by atomic mass is 16.5. The Kier molecular flexibility index (Phi) is 4.61. The third kappa shape index (κ3) is 3.37. The average Bonchev–Trinajstić information content (AvgIpc) is 3.43. The number of pyridine rings is 1. The Morgan fingerprint density at radius 1 is 1.17 bits per heavy atom. The van der Waals surface area contributed by atoms with Crippen LogP contribution in [-0.2, 0) is 4.74 Å². The van der Waals surface area contributed by atoms with E-state index in [2.05, 4.69) is 20.4 Å². The number of benzene rings is 1. The van der Waals surface area contributed by atoms with Crippen LogP contribution in [0.25, 0.3) is 22.2 Å². The molecule has 2 unspecified atom stereocenters. The maximum absolute atomic E-state index is 12.8. The van der Waals surface area contributed by atoms with E-state index in [0.717, 1.165) is 16.5 Å². The van der Waals surface area contributed by atoms with Crippen molar-refractivity contribution in [2.75, 3.05) is 13.2 Å². The topological polar surface area (TPSA) is 102 Å². The highest BCUT2D eigenvalue weighted by Gasteiger charge is 2.33. The molecule has 2 N–H and O–H groups in total. The molecule has 0 bridgehead atoms. The number of rotatable bonds is 4. The van der Waals surface area contributed by atoms with Gasteiger partial charge in [0.25, 0.3) is 11.5 Å². The molecule has 30 heavy (non-hydrogen) atoms. The third-order valence-electron chi connectivity index (χ3n) is 5.28. The summed E-state index contributed by atoms with van der Waals surface area (Å²) in [6.07, 6.45) is 5.21. The molecular formula is C22H19N5O3. The number of aromatic nitrogens is 4. The summed E-state index contributed by atoms with van der Waals surface area (Å²) in [6, 6.07) is 13.5. The summed E-state index contributed by atoms with van der Waals surface area (Å²) in [5.41, 5.74) is 2.73. The van der Waals surface area contributed by atoms with E-state index in [9.17, 15) is 9.59 Å². The monoisotopic (exact) mass is 401 g/mol. The second-order valence-electron chi connectivity index (χ2n) is 7.21. The van der Waals surface area contributed by atoms with Gasteiger partial charge in [0.05, 0.1) is 24.9 Å². The van der Waals surface area contributed by atoms with Gasteiger partial charge in [-0.25, -0.2) is 4.68 Å². The van der Waals surface area contributed by atoms with Gasteiger partial charge in [0.15, 0.2) is 0 Å². The fourth-order valence-electron chi connectivity index (χ4n) is 3.70. The van der Waals surface area contributed by atoms with Crippen molar-refractivity contribution in [2.45, 2.75) is 12.1 Å². The van der Waals surface area contributed by atoms with Crippen LogP contribution in [-0.4, -0.2) is 44.9 Å². The fraction of sp³-hybridized carbons (Fsp3) is 0.182. The first kappa shape index (κ1) is 18.3. The largest absolute Gasteiger partial charge is 0.377 e. The molecule has 4 aromatic rings. The number of H-pyrrole nitrogens is 1. The molecule has 1 amide bonds. The van der Waals surface area contributed by atoms with Gasteiger partial charge in [-0.3, -0.25) is 14.6 Å². The Morgan fingerprint density at radius 2 is 2.10 bits per heavy atom. The molecule has 1 fully saturated rings. The van der Waals surface area contributed by atoms with Crippen molar-refractivity contribution in [3.05, 3.63) is 83.0 Å². The molecule has 1 aliphatic rings. The van der Waals surface area contributed by atoms with Crippen molar-refractivity contribution in [1.29, 1.82) is 0 Å². The summed E-state index contributed by atoms with van der Waals surface area (Å²) < 4.78 is 6.99. The van der Waals surface area contributed by atoms with Crippen LogP contribution in [0.1, 0.15) is 16.4 Å². The van der Waals surface area contributed by atoms with Gasteiger partial charge in [-0.1, -0.05) is 0 Å². The molecule has 3 aromatic heterocycles. The van der Waals surface area contributed by atoms with E-state index in [1.807, 2.05) is 36.5 Å². The first-order valence-electron chi connectivity index (χ1n) is 9.65. The molecule has 0 aliphatic carbocycles. The SMILES string of the molecule is O=C(NC1COCC1n1nc(-c2cccnc2)ccc1=O)c1ccc2[nH]ccc2c1. The van der Waals surface area contributed by atoms with Crippen molar-refractivity contribution in [3.8, 4) is 11.3 Å². The minimum atomic E-state index is -0.394. The normalized spacial score (nSPS) is 18.5. The standard InChI is InChI=1S/C22H19N5O3/c28-21-6-5-18(16-2-1-8-23-11-16)26-27(21)20-13-30-12-19(20)25-22(29)15-3-4-17-14(10-15)7-9-24-17/h1-11,19-20,24H,12-13H2,(H,25,29). The predicted molar refractivity (Wildman–Crippen MR) is 111 cm³/mol. The van der Waals surface area contributed by atoms with Gasteiger partial charge >= 0.3 is 0 Å². The number of nitrogens with one attached hydrogen (secondary N) is 2. The van der Waals surface area contributed by atoms with Gasteiger partial charge in [0, 0.05) is 46.7 Å². The molecular weight excluding hydrogens is 382 g/mol. The van der Waals surface area contributed by atoms with E-state index < -0.39 is 6.04 Å². The van der Waals surface area contributed by atoms with Crippen LogP contribution < -0.4 is 10.9 Å². The molecule has 1 saturated heterocycles. The van der Waals surface area contributed by atoms with Crippen LogP contribution in [0.3, 0.4) is 0 Å². The Morgan fingerprint density at radius 3 is 2.97 bits per heavy atom. The number of hydrogen-bond donors (Lipinski definition) is 2. The number of aromatic amines is 1. The van der Waals surface area contributed by atoms with E-state index in [1.165, 1.54) is 10.7 Å². The number of nitrogens with zero attached hydrogens (tertiary/aromatic N) is 3. The third-order valence-corrected chi connectivity index (χ3v) is 5.28. The number of carbonyl (C=O) groups is 1. The van der Waals surface area contributed by atoms with E-state index in [0.29, 0.717) is 24.5 Å². The number of fused-ring (bicyclic) bond motifs is 1. The Hall–Kier alpha value is -3.78. The first-order valence-corrected chi connectivity index (χ1v) is 9.65. The molecule has 1 aromatic carbocycles. The van der Waals surface area contributed by atoms with Crippen molar-refractivity contribution >= 4 is 16.8 Å². The van der Waals surface area contributed by atoms with Gasteiger partial charge in [-0.05, 0) is 42.5 Å². The number of ether oxygens (including phenoxy) is 1. The minimum absolute atomic E-state index is 0.213.